The number of carbonyl (C=O) groups excluding carboxylic acids is 3. The number of aromatic nitrogens is 1. The Morgan fingerprint density at radius 1 is 0.612 bits per heavy atom. The fourth-order valence-electron chi connectivity index (χ4n) is 10.4. The van der Waals surface area contributed by atoms with Crippen molar-refractivity contribution >= 4 is 58.1 Å². The molecule has 1 aromatic heterocycles. The number of esters is 1. The van der Waals surface area contributed by atoms with E-state index in [0.29, 0.717) is 43.1 Å². The monoisotopic (exact) mass is 1240 g/mol. The molecular formula is C60H68ClF8N3O12S. The van der Waals surface area contributed by atoms with Crippen molar-refractivity contribution < 1.29 is 92.6 Å². The van der Waals surface area contributed by atoms with Gasteiger partial charge in [0.2, 0.25) is 11.8 Å². The van der Waals surface area contributed by atoms with Gasteiger partial charge in [0.25, 0.3) is 0 Å². The second-order valence-corrected chi connectivity index (χ2v) is 22.2. The van der Waals surface area contributed by atoms with E-state index in [2.05, 4.69) is 18.8 Å². The first-order chi connectivity index (χ1) is 40.4. The molecule has 15 nitrogen and oxygen atoms in total. The summed E-state index contributed by atoms with van der Waals surface area (Å²) in [5.74, 6) is -8.32. The van der Waals surface area contributed by atoms with Gasteiger partial charge in [-0.25, -0.2) is 18.4 Å². The van der Waals surface area contributed by atoms with Crippen LogP contribution in [-0.2, 0) is 57.9 Å². The predicted molar refractivity (Wildman–Crippen MR) is 301 cm³/mol. The Kier molecular flexibility index (Phi) is 24.5. The third kappa shape index (κ3) is 17.6. The van der Waals surface area contributed by atoms with E-state index in [9.17, 15) is 50.6 Å². The van der Waals surface area contributed by atoms with Crippen LogP contribution in [0.15, 0.2) is 72.4 Å². The summed E-state index contributed by atoms with van der Waals surface area (Å²) in [6.07, 6.45) is -2.26. The summed E-state index contributed by atoms with van der Waals surface area (Å²) in [5.41, 5.74) is -1.41. The molecule has 4 aromatic carbocycles. The topological polar surface area (TPSA) is 172 Å². The van der Waals surface area contributed by atoms with Crippen molar-refractivity contribution in [2.75, 3.05) is 71.8 Å². The van der Waals surface area contributed by atoms with E-state index in [1.807, 2.05) is 0 Å². The SMILES string of the molecule is COCC(COC)N(C(=O)C1CCC(C)CC1)c1cc(F)c(Oc2ccc(CCl)cc2C(F)(F)F)cc1C(=O)OC.COCC(COC)N(C(=O)C1CCC(C)CC1)c1cc(F)c(Oc2ccc(Cc3cncs3)cc2C(F)(F)F)cc1C(=O)O. The van der Waals surface area contributed by atoms with Gasteiger partial charge in [0.1, 0.15) is 11.5 Å². The fraction of sp³-hybridized carbons (Fsp3) is 0.483. The van der Waals surface area contributed by atoms with Crippen LogP contribution in [-0.4, -0.2) is 108 Å². The molecule has 2 fully saturated rings. The second kappa shape index (κ2) is 30.8. The van der Waals surface area contributed by atoms with E-state index in [1.54, 1.807) is 11.7 Å². The lowest BCUT2D eigenvalue weighted by atomic mass is 9.82. The number of anilines is 2. The summed E-state index contributed by atoms with van der Waals surface area (Å²) in [4.78, 5) is 60.4. The number of methoxy groups -OCH3 is 5. The third-order valence-corrected chi connectivity index (χ3v) is 15.9. The molecule has 0 aliphatic heterocycles. The van der Waals surface area contributed by atoms with E-state index in [4.69, 9.17) is 44.8 Å². The quantitative estimate of drug-likeness (QED) is 0.0372. The zero-order valence-electron chi connectivity index (χ0n) is 47.9. The molecule has 85 heavy (non-hydrogen) atoms. The van der Waals surface area contributed by atoms with Gasteiger partial charge in [0.15, 0.2) is 23.1 Å². The van der Waals surface area contributed by atoms with Crippen LogP contribution in [0, 0.1) is 35.3 Å². The second-order valence-electron chi connectivity index (χ2n) is 21.0. The van der Waals surface area contributed by atoms with Gasteiger partial charge in [-0.3, -0.25) is 14.6 Å². The molecule has 1 heterocycles. The lowest BCUT2D eigenvalue weighted by molar-refractivity contribution is -0.139. The number of nitrogens with zero attached hydrogens (tertiary/aromatic N) is 3. The molecular weight excluding hydrogens is 1170 g/mol. The van der Waals surface area contributed by atoms with Crippen LogP contribution in [0.3, 0.4) is 0 Å². The molecule has 25 heteroatoms. The van der Waals surface area contributed by atoms with Crippen molar-refractivity contribution in [2.24, 2.45) is 23.7 Å². The lowest BCUT2D eigenvalue weighted by Crippen LogP contribution is -2.49. The number of benzene rings is 4. The minimum atomic E-state index is -4.85. The van der Waals surface area contributed by atoms with E-state index in [1.165, 1.54) is 61.7 Å². The molecule has 5 aromatic rings. The van der Waals surface area contributed by atoms with Gasteiger partial charge in [0.05, 0.1) is 84.8 Å². The van der Waals surface area contributed by atoms with Gasteiger partial charge in [-0.15, -0.1) is 22.9 Å². The number of aromatic carboxylic acids is 1. The number of thiazole rings is 1. The highest BCUT2D eigenvalue weighted by Crippen LogP contribution is 2.44. The van der Waals surface area contributed by atoms with Crippen LogP contribution in [0.2, 0.25) is 0 Å². The number of rotatable bonds is 23. The van der Waals surface area contributed by atoms with Gasteiger partial charge >= 0.3 is 24.3 Å². The molecule has 2 aliphatic carbocycles. The number of carboxylic acid groups (broad SMARTS) is 1. The average molecular weight is 1240 g/mol. The molecule has 0 radical (unpaired) electrons. The van der Waals surface area contributed by atoms with Crippen molar-refractivity contribution in [2.45, 2.75) is 102 Å². The van der Waals surface area contributed by atoms with Gasteiger partial charge in [-0.2, -0.15) is 26.3 Å². The zero-order valence-corrected chi connectivity index (χ0v) is 49.5. The number of hydrogen-bond donors (Lipinski definition) is 1. The van der Waals surface area contributed by atoms with E-state index in [0.717, 1.165) is 86.2 Å². The molecule has 7 rings (SSSR count). The Hall–Kier alpha value is -6.44. The number of alkyl halides is 7. The van der Waals surface area contributed by atoms with Crippen LogP contribution in [0.25, 0.3) is 0 Å². The minimum Gasteiger partial charge on any atom is -0.478 e. The smallest absolute Gasteiger partial charge is 0.419 e. The van der Waals surface area contributed by atoms with E-state index >= 15 is 8.78 Å². The van der Waals surface area contributed by atoms with Crippen molar-refractivity contribution in [3.63, 3.8) is 0 Å². The van der Waals surface area contributed by atoms with E-state index in [-0.39, 0.29) is 73.1 Å². The summed E-state index contributed by atoms with van der Waals surface area (Å²) >= 11 is 6.99. The number of hydrogen-bond acceptors (Lipinski definition) is 13. The maximum absolute atomic E-state index is 15.7. The molecule has 0 unspecified atom stereocenters. The minimum absolute atomic E-state index is 0.00501. The van der Waals surface area contributed by atoms with Crippen molar-refractivity contribution in [1.29, 1.82) is 0 Å². The van der Waals surface area contributed by atoms with Crippen molar-refractivity contribution in [3.8, 4) is 23.0 Å². The first kappa shape index (κ1) is 67.7. The number of amides is 2. The highest BCUT2D eigenvalue weighted by molar-refractivity contribution is 7.09. The Bertz CT molecular complexity index is 3050. The van der Waals surface area contributed by atoms with Crippen LogP contribution < -0.4 is 19.3 Å². The van der Waals surface area contributed by atoms with Crippen molar-refractivity contribution in [1.82, 2.24) is 4.98 Å². The summed E-state index contributed by atoms with van der Waals surface area (Å²) in [5, 5.41) is 10.1. The number of ether oxygens (including phenoxy) is 7. The third-order valence-electron chi connectivity index (χ3n) is 14.8. The molecule has 0 spiro atoms. The molecule has 464 valence electrons. The van der Waals surface area contributed by atoms with Gasteiger partial charge in [-0.1, -0.05) is 26.0 Å². The normalized spacial score (nSPS) is 17.2. The zero-order chi connectivity index (χ0) is 62.3. The van der Waals surface area contributed by atoms with Gasteiger partial charge < -0.3 is 48.1 Å². The summed E-state index contributed by atoms with van der Waals surface area (Å²) in [6, 6.07) is 8.44. The molecule has 0 saturated heterocycles. The molecule has 0 atom stereocenters. The Morgan fingerprint density at radius 2 is 1.02 bits per heavy atom. The lowest BCUT2D eigenvalue weighted by Gasteiger charge is -2.36. The van der Waals surface area contributed by atoms with Crippen LogP contribution in [0.4, 0.5) is 46.5 Å². The molecule has 2 aliphatic rings. The maximum atomic E-state index is 15.7. The molecule has 1 N–H and O–H groups in total. The highest BCUT2D eigenvalue weighted by Gasteiger charge is 2.40. The van der Waals surface area contributed by atoms with E-state index < -0.39 is 99.5 Å². The Balaban J connectivity index is 0.000000273. The van der Waals surface area contributed by atoms with Crippen LogP contribution in [0.1, 0.15) is 113 Å². The van der Waals surface area contributed by atoms with Gasteiger partial charge in [-0.05, 0) is 98.6 Å². The average Bonchev–Trinajstić information content (AvgIpc) is 4.19. The summed E-state index contributed by atoms with van der Waals surface area (Å²) in [6.45, 7) is 4.13. The number of carbonyl (C=O) groups is 4. The van der Waals surface area contributed by atoms with Crippen LogP contribution in [0.5, 0.6) is 23.0 Å². The fourth-order valence-corrected chi connectivity index (χ4v) is 11.2. The first-order valence-electron chi connectivity index (χ1n) is 27.2. The first-order valence-corrected chi connectivity index (χ1v) is 28.6. The molecule has 2 saturated carbocycles. The Labute approximate surface area is 496 Å². The predicted octanol–water partition coefficient (Wildman–Crippen LogP) is 14.2. The summed E-state index contributed by atoms with van der Waals surface area (Å²) < 4.78 is 152. The highest BCUT2D eigenvalue weighted by atomic mass is 35.5. The van der Waals surface area contributed by atoms with Crippen LogP contribution >= 0.6 is 22.9 Å². The largest absolute Gasteiger partial charge is 0.478 e. The Morgan fingerprint density at radius 3 is 1.40 bits per heavy atom. The van der Waals surface area contributed by atoms with Crippen molar-refractivity contribution in [3.05, 3.63) is 122 Å². The number of halogens is 9. The standard InChI is InChI=1S/C31H34F4N2O6S.C29H34ClF4NO6/c1-18-4-7-20(8-5-18)29(38)37(21(15-41-2)16-42-3)26-13-25(32)28(12-23(26)30(39)40)43-27-9-6-19(10-22-14-36-17-44-22)11-24(27)31(33,34)35;1-17-5-8-19(9-6-17)27(36)35(20(15-38-2)16-39-3)24-13-23(31)26(12-21(24)28(37)40-4)41-25-10-7-18(14-30)11-22(25)29(32,33)34/h6,9,11-14,17-18,20-21H,4-5,7-8,10,15-16H2,1-3H3,(H,39,40);7,10-13,17,19-20H,5-6,8-9,14-16H2,1-4H3. The molecule has 0 bridgehead atoms. The summed E-state index contributed by atoms with van der Waals surface area (Å²) in [7, 11) is 6.77. The van der Waals surface area contributed by atoms with Gasteiger partial charge in [0, 0.05) is 87.9 Å². The number of carboxylic acids is 1. The molecule has 2 amide bonds. The maximum Gasteiger partial charge on any atom is 0.419 e.